The molecule has 0 saturated heterocycles. The number of aromatic hydroxyl groups is 1. The minimum absolute atomic E-state index is 0. The molecule has 112 valence electrons. The Hall–Kier alpha value is -0.680. The zero-order chi connectivity index (χ0) is 12.7. The van der Waals surface area contributed by atoms with E-state index in [0.29, 0.717) is 12.2 Å². The predicted molar refractivity (Wildman–Crippen MR) is 84.4 cm³/mol. The summed E-state index contributed by atoms with van der Waals surface area (Å²) in [5, 5.41) is 12.8. The number of anilines is 1. The Labute approximate surface area is 127 Å². The van der Waals surface area contributed by atoms with Crippen molar-refractivity contribution in [3.63, 3.8) is 0 Å². The number of hydrogen-bond acceptors (Lipinski definition) is 4. The first-order valence-electron chi connectivity index (χ1n) is 5.99. The van der Waals surface area contributed by atoms with Crippen LogP contribution >= 0.6 is 24.8 Å². The molecule has 0 fully saturated rings. The summed E-state index contributed by atoms with van der Waals surface area (Å²) in [5.41, 5.74) is 7.15. The van der Waals surface area contributed by atoms with Crippen molar-refractivity contribution in [3.05, 3.63) is 23.8 Å². The van der Waals surface area contributed by atoms with Gasteiger partial charge in [0.15, 0.2) is 0 Å². The fourth-order valence-electron chi connectivity index (χ4n) is 1.49. The molecule has 0 saturated carbocycles. The number of phenolic OH excluding ortho intramolecular Hbond substituents is 1. The van der Waals surface area contributed by atoms with E-state index in [1.54, 1.807) is 18.2 Å². The molecule has 0 aromatic heterocycles. The Morgan fingerprint density at radius 3 is 2.63 bits per heavy atom. The number of nitrogens with two attached hydrogens (primary N) is 1. The second kappa shape index (κ2) is 11.2. The summed E-state index contributed by atoms with van der Waals surface area (Å²) in [7, 11) is 0. The quantitative estimate of drug-likeness (QED) is 0.411. The lowest BCUT2D eigenvalue weighted by Crippen LogP contribution is -2.17. The molecule has 19 heavy (non-hydrogen) atoms. The summed E-state index contributed by atoms with van der Waals surface area (Å²) in [6.45, 7) is 6.30. The van der Waals surface area contributed by atoms with Crippen LogP contribution in [0.25, 0.3) is 0 Å². The van der Waals surface area contributed by atoms with Crippen LogP contribution in [0.3, 0.4) is 0 Å². The predicted octanol–water partition coefficient (Wildman–Crippen LogP) is 2.72. The number of nitrogen functional groups attached to an aromatic ring is 1. The summed E-state index contributed by atoms with van der Waals surface area (Å²) in [4.78, 5) is 0. The topological polar surface area (TPSA) is 67.5 Å². The van der Waals surface area contributed by atoms with E-state index in [1.807, 2.05) is 13.8 Å². The molecule has 0 bridgehead atoms. The van der Waals surface area contributed by atoms with Gasteiger partial charge < -0.3 is 20.9 Å². The van der Waals surface area contributed by atoms with Crippen LogP contribution in [0.4, 0.5) is 5.69 Å². The van der Waals surface area contributed by atoms with E-state index in [4.69, 9.17) is 10.5 Å². The van der Waals surface area contributed by atoms with Crippen LogP contribution in [0.1, 0.15) is 25.8 Å². The fraction of sp³-hybridized carbons (Fsp3) is 0.538. The van der Waals surface area contributed by atoms with E-state index in [2.05, 4.69) is 5.32 Å². The molecule has 0 heterocycles. The molecule has 0 radical (unpaired) electrons. The number of hydrogen-bond donors (Lipinski definition) is 3. The van der Waals surface area contributed by atoms with Crippen molar-refractivity contribution in [2.24, 2.45) is 0 Å². The van der Waals surface area contributed by atoms with E-state index >= 15 is 0 Å². The average Bonchev–Trinajstić information content (AvgIpc) is 2.27. The summed E-state index contributed by atoms with van der Waals surface area (Å²) in [6, 6.07) is 5.09. The first-order valence-corrected chi connectivity index (χ1v) is 5.99. The van der Waals surface area contributed by atoms with Gasteiger partial charge in [-0.15, -0.1) is 24.8 Å². The first kappa shape index (κ1) is 20.6. The van der Waals surface area contributed by atoms with Gasteiger partial charge in [-0.1, -0.05) is 0 Å². The Balaban J connectivity index is 0. The van der Waals surface area contributed by atoms with Gasteiger partial charge in [-0.2, -0.15) is 0 Å². The van der Waals surface area contributed by atoms with Crippen LogP contribution in [0.15, 0.2) is 18.2 Å². The van der Waals surface area contributed by atoms with Gasteiger partial charge in [0.1, 0.15) is 5.75 Å². The molecular weight excluding hydrogens is 287 g/mol. The minimum Gasteiger partial charge on any atom is -0.508 e. The fourth-order valence-corrected chi connectivity index (χ4v) is 1.49. The van der Waals surface area contributed by atoms with Gasteiger partial charge in [-0.05, 0) is 45.0 Å². The van der Waals surface area contributed by atoms with Gasteiger partial charge in [-0.3, -0.25) is 0 Å². The molecule has 0 unspecified atom stereocenters. The van der Waals surface area contributed by atoms with Crippen LogP contribution < -0.4 is 11.1 Å². The van der Waals surface area contributed by atoms with Crippen molar-refractivity contribution >= 4 is 30.5 Å². The Morgan fingerprint density at radius 1 is 1.32 bits per heavy atom. The molecule has 1 aromatic carbocycles. The number of rotatable bonds is 7. The molecule has 0 atom stereocenters. The maximum absolute atomic E-state index is 9.59. The standard InChI is InChI=1S/C13H22N2O2.2ClH/c1-10(2)17-7-3-6-15-9-11-8-12(14)4-5-13(11)16;;/h4-5,8,10,15-16H,3,6-7,9,14H2,1-2H3;2*1H. The van der Waals surface area contributed by atoms with Crippen LogP contribution in [0.2, 0.25) is 0 Å². The van der Waals surface area contributed by atoms with Gasteiger partial charge in [0.25, 0.3) is 0 Å². The zero-order valence-corrected chi connectivity index (χ0v) is 13.0. The zero-order valence-electron chi connectivity index (χ0n) is 11.4. The number of ether oxygens (including phenoxy) is 1. The maximum Gasteiger partial charge on any atom is 0.120 e. The van der Waals surface area contributed by atoms with Crippen molar-refractivity contribution in [2.45, 2.75) is 32.9 Å². The van der Waals surface area contributed by atoms with E-state index < -0.39 is 0 Å². The summed E-state index contributed by atoms with van der Waals surface area (Å²) in [5.74, 6) is 0.283. The molecule has 0 aliphatic rings. The molecule has 0 spiro atoms. The Morgan fingerprint density at radius 2 is 2.00 bits per heavy atom. The van der Waals surface area contributed by atoms with E-state index in [-0.39, 0.29) is 36.7 Å². The molecule has 6 heteroatoms. The van der Waals surface area contributed by atoms with E-state index in [9.17, 15) is 5.11 Å². The molecule has 0 aliphatic heterocycles. The van der Waals surface area contributed by atoms with Crippen molar-refractivity contribution in [2.75, 3.05) is 18.9 Å². The third kappa shape index (κ3) is 8.94. The highest BCUT2D eigenvalue weighted by Crippen LogP contribution is 2.19. The number of phenols is 1. The number of nitrogens with one attached hydrogen (secondary N) is 1. The van der Waals surface area contributed by atoms with Crippen LogP contribution in [-0.4, -0.2) is 24.4 Å². The molecular formula is C13H24Cl2N2O2. The third-order valence-corrected chi connectivity index (χ3v) is 2.37. The van der Waals surface area contributed by atoms with E-state index in [1.165, 1.54) is 0 Å². The SMILES string of the molecule is CC(C)OCCCNCc1cc(N)ccc1O.Cl.Cl. The number of benzene rings is 1. The van der Waals surface area contributed by atoms with Gasteiger partial charge in [0, 0.05) is 24.4 Å². The largest absolute Gasteiger partial charge is 0.508 e. The molecule has 1 rings (SSSR count). The van der Waals surface area contributed by atoms with E-state index in [0.717, 1.165) is 25.1 Å². The lowest BCUT2D eigenvalue weighted by molar-refractivity contribution is 0.0770. The summed E-state index contributed by atoms with van der Waals surface area (Å²) >= 11 is 0. The lowest BCUT2D eigenvalue weighted by Gasteiger charge is -2.09. The second-order valence-corrected chi connectivity index (χ2v) is 4.34. The first-order chi connectivity index (χ1) is 8.09. The summed E-state index contributed by atoms with van der Waals surface area (Å²) in [6.07, 6.45) is 1.24. The molecule has 4 nitrogen and oxygen atoms in total. The third-order valence-electron chi connectivity index (χ3n) is 2.37. The highest BCUT2D eigenvalue weighted by Gasteiger charge is 2.01. The van der Waals surface area contributed by atoms with Crippen LogP contribution in [0.5, 0.6) is 5.75 Å². The van der Waals surface area contributed by atoms with Crippen LogP contribution in [-0.2, 0) is 11.3 Å². The number of halogens is 2. The molecule has 1 aromatic rings. The lowest BCUT2D eigenvalue weighted by atomic mass is 10.2. The van der Waals surface area contributed by atoms with Crippen molar-refractivity contribution in [1.29, 1.82) is 0 Å². The minimum atomic E-state index is 0. The van der Waals surface area contributed by atoms with Crippen molar-refractivity contribution in [1.82, 2.24) is 5.32 Å². The smallest absolute Gasteiger partial charge is 0.120 e. The monoisotopic (exact) mass is 310 g/mol. The van der Waals surface area contributed by atoms with Crippen LogP contribution in [0, 0.1) is 0 Å². The maximum atomic E-state index is 9.59. The highest BCUT2D eigenvalue weighted by molar-refractivity contribution is 5.85. The molecule has 0 amide bonds. The normalized spacial score (nSPS) is 9.84. The Kier molecular flexibility index (Phi) is 12.1. The average molecular weight is 311 g/mol. The van der Waals surface area contributed by atoms with Gasteiger partial charge in [-0.25, -0.2) is 0 Å². The molecule has 4 N–H and O–H groups in total. The van der Waals surface area contributed by atoms with Crippen molar-refractivity contribution in [3.8, 4) is 5.75 Å². The van der Waals surface area contributed by atoms with Crippen molar-refractivity contribution < 1.29 is 9.84 Å². The van der Waals surface area contributed by atoms with Gasteiger partial charge in [0.05, 0.1) is 6.10 Å². The second-order valence-electron chi connectivity index (χ2n) is 4.34. The molecule has 0 aliphatic carbocycles. The van der Waals surface area contributed by atoms with Gasteiger partial charge in [0.2, 0.25) is 0 Å². The highest BCUT2D eigenvalue weighted by atomic mass is 35.5. The van der Waals surface area contributed by atoms with Gasteiger partial charge >= 0.3 is 0 Å². The summed E-state index contributed by atoms with van der Waals surface area (Å²) < 4.78 is 5.43. The Bertz CT molecular complexity index is 349.